The van der Waals surface area contributed by atoms with Gasteiger partial charge in [0.25, 0.3) is 0 Å². The molecule has 1 aromatic rings. The number of nitro groups is 1. The summed E-state index contributed by atoms with van der Waals surface area (Å²) in [7, 11) is 0. The second-order valence-corrected chi connectivity index (χ2v) is 5.33. The number of anilines is 1. The van der Waals surface area contributed by atoms with Crippen molar-refractivity contribution in [1.29, 1.82) is 0 Å². The number of hydrogen-bond donors (Lipinski definition) is 2. The van der Waals surface area contributed by atoms with Crippen molar-refractivity contribution in [3.8, 4) is 0 Å². The molecule has 0 aromatic heterocycles. The van der Waals surface area contributed by atoms with Crippen molar-refractivity contribution >= 4 is 17.3 Å². The third-order valence-electron chi connectivity index (χ3n) is 2.58. The molecule has 0 aliphatic carbocycles. The second kappa shape index (κ2) is 6.31. The van der Waals surface area contributed by atoms with Gasteiger partial charge in [0.15, 0.2) is 0 Å². The molecular formula is C13H18FN3O3. The number of nitrogens with zero attached hydrogens (tertiary/aromatic N) is 1. The van der Waals surface area contributed by atoms with Crippen LogP contribution < -0.4 is 10.6 Å². The SMILES string of the molecule is CC(C)(C)C(=O)NCCNc1cccc(F)c1[N+](=O)[O-]. The highest BCUT2D eigenvalue weighted by atomic mass is 19.1. The minimum Gasteiger partial charge on any atom is -0.378 e. The van der Waals surface area contributed by atoms with E-state index in [4.69, 9.17) is 0 Å². The summed E-state index contributed by atoms with van der Waals surface area (Å²) in [6, 6.07) is 3.84. The molecule has 0 unspecified atom stereocenters. The fraction of sp³-hybridized carbons (Fsp3) is 0.462. The number of nitro benzene ring substituents is 1. The molecule has 1 rings (SSSR count). The van der Waals surface area contributed by atoms with Gasteiger partial charge in [0.2, 0.25) is 11.7 Å². The average Bonchev–Trinajstić information content (AvgIpc) is 2.32. The van der Waals surface area contributed by atoms with E-state index in [9.17, 15) is 19.3 Å². The molecule has 0 atom stereocenters. The van der Waals surface area contributed by atoms with Crippen LogP contribution in [0.2, 0.25) is 0 Å². The molecule has 0 saturated carbocycles. The number of para-hydroxylation sites is 1. The molecule has 7 heteroatoms. The van der Waals surface area contributed by atoms with Crippen LogP contribution in [-0.2, 0) is 4.79 Å². The van der Waals surface area contributed by atoms with Crippen molar-refractivity contribution in [2.24, 2.45) is 5.41 Å². The number of amides is 1. The van der Waals surface area contributed by atoms with Crippen molar-refractivity contribution in [2.75, 3.05) is 18.4 Å². The van der Waals surface area contributed by atoms with Gasteiger partial charge in [-0.2, -0.15) is 4.39 Å². The molecule has 0 aliphatic heterocycles. The Balaban J connectivity index is 2.57. The van der Waals surface area contributed by atoms with Crippen LogP contribution in [0.5, 0.6) is 0 Å². The number of rotatable bonds is 5. The van der Waals surface area contributed by atoms with E-state index in [0.29, 0.717) is 6.54 Å². The zero-order valence-corrected chi connectivity index (χ0v) is 11.7. The smallest absolute Gasteiger partial charge is 0.327 e. The van der Waals surface area contributed by atoms with Crippen molar-refractivity contribution in [2.45, 2.75) is 20.8 Å². The lowest BCUT2D eigenvalue weighted by atomic mass is 9.96. The highest BCUT2D eigenvalue weighted by Crippen LogP contribution is 2.26. The van der Waals surface area contributed by atoms with Crippen LogP contribution in [0.1, 0.15) is 20.8 Å². The Kier molecular flexibility index (Phi) is 5.01. The van der Waals surface area contributed by atoms with Gasteiger partial charge in [0.05, 0.1) is 4.92 Å². The largest absolute Gasteiger partial charge is 0.378 e. The fourth-order valence-electron chi connectivity index (χ4n) is 1.48. The summed E-state index contributed by atoms with van der Waals surface area (Å²) >= 11 is 0. The van der Waals surface area contributed by atoms with Gasteiger partial charge in [-0.25, -0.2) is 0 Å². The van der Waals surface area contributed by atoms with Crippen molar-refractivity contribution in [3.05, 3.63) is 34.1 Å². The van der Waals surface area contributed by atoms with Gasteiger partial charge in [0.1, 0.15) is 5.69 Å². The average molecular weight is 283 g/mol. The molecule has 1 aromatic carbocycles. The minimum atomic E-state index is -0.890. The number of nitrogens with one attached hydrogen (secondary N) is 2. The highest BCUT2D eigenvalue weighted by Gasteiger charge is 2.21. The van der Waals surface area contributed by atoms with E-state index in [1.54, 1.807) is 20.8 Å². The Bertz CT molecular complexity index is 512. The molecule has 0 heterocycles. The summed E-state index contributed by atoms with van der Waals surface area (Å²) in [5, 5.41) is 16.2. The van der Waals surface area contributed by atoms with Gasteiger partial charge in [-0.15, -0.1) is 0 Å². The van der Waals surface area contributed by atoms with Crippen LogP contribution in [0.15, 0.2) is 18.2 Å². The van der Waals surface area contributed by atoms with Crippen LogP contribution in [0.4, 0.5) is 15.8 Å². The van der Waals surface area contributed by atoms with E-state index in [1.165, 1.54) is 12.1 Å². The molecule has 0 saturated heterocycles. The number of carbonyl (C=O) groups is 1. The van der Waals surface area contributed by atoms with Crippen molar-refractivity contribution < 1.29 is 14.1 Å². The van der Waals surface area contributed by atoms with E-state index in [2.05, 4.69) is 10.6 Å². The minimum absolute atomic E-state index is 0.0972. The van der Waals surface area contributed by atoms with Crippen LogP contribution in [-0.4, -0.2) is 23.9 Å². The second-order valence-electron chi connectivity index (χ2n) is 5.33. The first-order chi connectivity index (χ1) is 9.23. The van der Waals surface area contributed by atoms with Gasteiger partial charge in [-0.1, -0.05) is 26.8 Å². The van der Waals surface area contributed by atoms with Crippen LogP contribution in [0.25, 0.3) is 0 Å². The maximum Gasteiger partial charge on any atom is 0.327 e. The first-order valence-electron chi connectivity index (χ1n) is 6.18. The Morgan fingerprint density at radius 3 is 2.55 bits per heavy atom. The molecule has 0 bridgehead atoms. The van der Waals surface area contributed by atoms with Crippen LogP contribution in [0.3, 0.4) is 0 Å². The van der Waals surface area contributed by atoms with Crippen molar-refractivity contribution in [1.82, 2.24) is 5.32 Å². The topological polar surface area (TPSA) is 84.3 Å². The van der Waals surface area contributed by atoms with E-state index >= 15 is 0 Å². The quantitative estimate of drug-likeness (QED) is 0.493. The van der Waals surface area contributed by atoms with Crippen molar-refractivity contribution in [3.63, 3.8) is 0 Å². The molecule has 6 nitrogen and oxygen atoms in total. The maximum atomic E-state index is 13.3. The number of hydrogen-bond acceptors (Lipinski definition) is 4. The van der Waals surface area contributed by atoms with Crippen LogP contribution in [0, 0.1) is 21.3 Å². The van der Waals surface area contributed by atoms with E-state index < -0.39 is 21.8 Å². The molecule has 110 valence electrons. The summed E-state index contributed by atoms with van der Waals surface area (Å²) < 4.78 is 13.3. The Morgan fingerprint density at radius 2 is 2.00 bits per heavy atom. The summed E-state index contributed by atoms with van der Waals surface area (Å²) in [5.74, 6) is -1.01. The monoisotopic (exact) mass is 283 g/mol. The standard InChI is InChI=1S/C13H18FN3O3/c1-13(2,3)12(18)16-8-7-15-10-6-4-5-9(14)11(10)17(19)20/h4-6,15H,7-8H2,1-3H3,(H,16,18). The molecule has 2 N–H and O–H groups in total. The van der Waals surface area contributed by atoms with Gasteiger partial charge >= 0.3 is 5.69 Å². The van der Waals surface area contributed by atoms with E-state index in [0.717, 1.165) is 6.07 Å². The van der Waals surface area contributed by atoms with E-state index in [-0.39, 0.29) is 18.1 Å². The highest BCUT2D eigenvalue weighted by molar-refractivity contribution is 5.81. The lowest BCUT2D eigenvalue weighted by molar-refractivity contribution is -0.386. The Labute approximate surface area is 116 Å². The maximum absolute atomic E-state index is 13.3. The Hall–Kier alpha value is -2.18. The molecule has 0 spiro atoms. The van der Waals surface area contributed by atoms with Gasteiger partial charge in [-0.05, 0) is 12.1 Å². The Morgan fingerprint density at radius 1 is 1.35 bits per heavy atom. The molecule has 0 radical (unpaired) electrons. The van der Waals surface area contributed by atoms with Gasteiger partial charge in [-0.3, -0.25) is 14.9 Å². The molecule has 0 fully saturated rings. The van der Waals surface area contributed by atoms with E-state index in [1.807, 2.05) is 0 Å². The van der Waals surface area contributed by atoms with Gasteiger partial charge in [0, 0.05) is 18.5 Å². The zero-order chi connectivity index (χ0) is 15.3. The summed E-state index contributed by atoms with van der Waals surface area (Å²) in [6.07, 6.45) is 0. The lowest BCUT2D eigenvalue weighted by Crippen LogP contribution is -2.37. The molecular weight excluding hydrogens is 265 g/mol. The summed E-state index contributed by atoms with van der Waals surface area (Å²) in [4.78, 5) is 21.6. The normalized spacial score (nSPS) is 11.0. The predicted molar refractivity (Wildman–Crippen MR) is 74.0 cm³/mol. The number of halogens is 1. The lowest BCUT2D eigenvalue weighted by Gasteiger charge is -2.17. The van der Waals surface area contributed by atoms with Crippen LogP contribution >= 0.6 is 0 Å². The third kappa shape index (κ3) is 4.18. The zero-order valence-electron chi connectivity index (χ0n) is 11.7. The summed E-state index contributed by atoms with van der Waals surface area (Å²) in [5.41, 5.74) is -0.986. The van der Waals surface area contributed by atoms with Gasteiger partial charge < -0.3 is 10.6 Å². The predicted octanol–water partition coefficient (Wildman–Crippen LogP) is 2.31. The first-order valence-corrected chi connectivity index (χ1v) is 6.18. The molecule has 1 amide bonds. The molecule has 0 aliphatic rings. The number of carbonyl (C=O) groups excluding carboxylic acids is 1. The molecule has 20 heavy (non-hydrogen) atoms. The third-order valence-corrected chi connectivity index (χ3v) is 2.58. The number of benzene rings is 1. The summed E-state index contributed by atoms with van der Waals surface area (Å²) in [6.45, 7) is 5.92. The first kappa shape index (κ1) is 15.9. The fourth-order valence-corrected chi connectivity index (χ4v) is 1.48.